The van der Waals surface area contributed by atoms with Gasteiger partial charge in [0.15, 0.2) is 0 Å². The van der Waals surface area contributed by atoms with Crippen LogP contribution >= 0.6 is 0 Å². The highest BCUT2D eigenvalue weighted by atomic mass is 16.5. The Kier molecular flexibility index (Phi) is 6.07. The predicted octanol–water partition coefficient (Wildman–Crippen LogP) is 3.57. The number of ether oxygens (including phenoxy) is 2. The molecule has 1 atom stereocenters. The minimum absolute atomic E-state index is 0.0252. The van der Waals surface area contributed by atoms with Crippen LogP contribution in [0.5, 0.6) is 5.75 Å². The summed E-state index contributed by atoms with van der Waals surface area (Å²) < 4.78 is 11.8. The Morgan fingerprint density at radius 3 is 2.52 bits per heavy atom. The Balaban J connectivity index is 2.20. The molecule has 0 radical (unpaired) electrons. The van der Waals surface area contributed by atoms with Gasteiger partial charge >= 0.3 is 0 Å². The topological polar surface area (TPSA) is 30.5 Å². The first-order chi connectivity index (χ1) is 10.3. The number of methoxy groups -OCH3 is 1. The van der Waals surface area contributed by atoms with Crippen molar-refractivity contribution in [2.45, 2.75) is 57.1 Å². The molecule has 118 valence electrons. The van der Waals surface area contributed by atoms with Crippen LogP contribution in [0.3, 0.4) is 0 Å². The fourth-order valence-electron chi connectivity index (χ4n) is 3.67. The van der Waals surface area contributed by atoms with Crippen LogP contribution in [0.2, 0.25) is 0 Å². The number of benzene rings is 1. The average molecular weight is 291 g/mol. The molecule has 1 N–H and O–H groups in total. The van der Waals surface area contributed by atoms with Gasteiger partial charge < -0.3 is 14.8 Å². The second-order valence-electron chi connectivity index (χ2n) is 5.92. The van der Waals surface area contributed by atoms with Gasteiger partial charge in [0.1, 0.15) is 5.75 Å². The van der Waals surface area contributed by atoms with Crippen molar-refractivity contribution in [1.82, 2.24) is 5.32 Å². The molecule has 0 amide bonds. The van der Waals surface area contributed by atoms with Crippen LogP contribution in [-0.4, -0.2) is 32.4 Å². The van der Waals surface area contributed by atoms with Crippen LogP contribution < -0.4 is 10.1 Å². The van der Waals surface area contributed by atoms with Gasteiger partial charge in [0, 0.05) is 12.6 Å². The Morgan fingerprint density at radius 2 is 1.90 bits per heavy atom. The minimum Gasteiger partial charge on any atom is -0.496 e. The van der Waals surface area contributed by atoms with Gasteiger partial charge in [0.05, 0.1) is 12.7 Å². The van der Waals surface area contributed by atoms with E-state index in [1.54, 1.807) is 7.11 Å². The lowest BCUT2D eigenvalue weighted by Crippen LogP contribution is -2.53. The molecule has 3 heteroatoms. The molecule has 1 aliphatic rings. The van der Waals surface area contributed by atoms with Crippen molar-refractivity contribution < 1.29 is 9.47 Å². The number of nitrogens with one attached hydrogen (secondary N) is 1. The smallest absolute Gasteiger partial charge is 0.122 e. The molecular weight excluding hydrogens is 262 g/mol. The molecule has 1 aliphatic carbocycles. The standard InChI is InChI=1S/C18H29NO2/c1-4-21-18(12-8-5-9-13-18)17(19-2)14-15-10-6-7-11-16(15)20-3/h6-7,10-11,17,19H,4-5,8-9,12-14H2,1-3H3. The maximum Gasteiger partial charge on any atom is 0.122 e. The minimum atomic E-state index is -0.0252. The molecule has 1 unspecified atom stereocenters. The molecule has 1 fully saturated rings. The first-order valence-corrected chi connectivity index (χ1v) is 8.19. The SMILES string of the molecule is CCOC1(C(Cc2ccccc2OC)NC)CCCCC1. The average Bonchev–Trinajstić information content (AvgIpc) is 2.54. The van der Waals surface area contributed by atoms with Gasteiger partial charge in [-0.3, -0.25) is 0 Å². The predicted molar refractivity (Wildman–Crippen MR) is 87.0 cm³/mol. The molecule has 21 heavy (non-hydrogen) atoms. The number of likely N-dealkylation sites (N-methyl/N-ethyl adjacent to an activating group) is 1. The molecule has 1 aromatic rings. The second kappa shape index (κ2) is 7.81. The zero-order valence-electron chi connectivity index (χ0n) is 13.7. The third-order valence-corrected chi connectivity index (χ3v) is 4.73. The molecule has 0 aliphatic heterocycles. The van der Waals surface area contributed by atoms with E-state index in [2.05, 4.69) is 31.4 Å². The number of para-hydroxylation sites is 1. The van der Waals surface area contributed by atoms with Crippen LogP contribution in [0.15, 0.2) is 24.3 Å². The molecule has 0 saturated heterocycles. The van der Waals surface area contributed by atoms with Crippen molar-refractivity contribution in [3.8, 4) is 5.75 Å². The van der Waals surface area contributed by atoms with Crippen LogP contribution in [0.4, 0.5) is 0 Å². The largest absolute Gasteiger partial charge is 0.496 e. The molecule has 0 spiro atoms. The Bertz CT molecular complexity index is 421. The molecule has 1 aromatic carbocycles. The lowest BCUT2D eigenvalue weighted by molar-refractivity contribution is -0.0884. The number of rotatable bonds is 7. The van der Waals surface area contributed by atoms with E-state index in [0.717, 1.165) is 31.6 Å². The highest BCUT2D eigenvalue weighted by molar-refractivity contribution is 5.34. The van der Waals surface area contributed by atoms with Crippen LogP contribution in [0, 0.1) is 0 Å². The van der Waals surface area contributed by atoms with Crippen molar-refractivity contribution in [2.24, 2.45) is 0 Å². The van der Waals surface area contributed by atoms with E-state index < -0.39 is 0 Å². The summed E-state index contributed by atoms with van der Waals surface area (Å²) in [6, 6.07) is 8.63. The van der Waals surface area contributed by atoms with Crippen molar-refractivity contribution >= 4 is 0 Å². The fraction of sp³-hybridized carbons (Fsp3) is 0.667. The zero-order valence-corrected chi connectivity index (χ0v) is 13.7. The molecule has 0 heterocycles. The summed E-state index contributed by atoms with van der Waals surface area (Å²) in [4.78, 5) is 0. The highest BCUT2D eigenvalue weighted by Crippen LogP contribution is 2.36. The Morgan fingerprint density at radius 1 is 1.19 bits per heavy atom. The van der Waals surface area contributed by atoms with Gasteiger partial charge in [0.2, 0.25) is 0 Å². The van der Waals surface area contributed by atoms with E-state index in [-0.39, 0.29) is 5.60 Å². The van der Waals surface area contributed by atoms with E-state index >= 15 is 0 Å². The molecular formula is C18H29NO2. The molecule has 3 nitrogen and oxygen atoms in total. The van der Waals surface area contributed by atoms with Gasteiger partial charge in [-0.05, 0) is 44.9 Å². The lowest BCUT2D eigenvalue weighted by atomic mass is 9.77. The Labute approximate surface area is 129 Å². The summed E-state index contributed by atoms with van der Waals surface area (Å²) in [6.07, 6.45) is 7.12. The van der Waals surface area contributed by atoms with E-state index in [1.165, 1.54) is 24.8 Å². The van der Waals surface area contributed by atoms with Crippen LogP contribution in [0.25, 0.3) is 0 Å². The first-order valence-electron chi connectivity index (χ1n) is 8.19. The molecule has 2 rings (SSSR count). The maximum atomic E-state index is 6.27. The van der Waals surface area contributed by atoms with Crippen LogP contribution in [-0.2, 0) is 11.2 Å². The monoisotopic (exact) mass is 291 g/mol. The summed E-state index contributed by atoms with van der Waals surface area (Å²) in [6.45, 7) is 2.89. The lowest BCUT2D eigenvalue weighted by Gasteiger charge is -2.43. The second-order valence-corrected chi connectivity index (χ2v) is 5.92. The quantitative estimate of drug-likeness (QED) is 0.833. The normalized spacial score (nSPS) is 19.2. The molecule has 0 aromatic heterocycles. The summed E-state index contributed by atoms with van der Waals surface area (Å²) in [5, 5.41) is 3.52. The maximum absolute atomic E-state index is 6.27. The van der Waals surface area contributed by atoms with E-state index in [9.17, 15) is 0 Å². The summed E-state index contributed by atoms with van der Waals surface area (Å²) in [5.74, 6) is 0.972. The summed E-state index contributed by atoms with van der Waals surface area (Å²) in [7, 11) is 3.79. The van der Waals surface area contributed by atoms with E-state index in [1.807, 2.05) is 12.1 Å². The van der Waals surface area contributed by atoms with Crippen LogP contribution in [0.1, 0.15) is 44.6 Å². The Hall–Kier alpha value is -1.06. The molecule has 1 saturated carbocycles. The number of hydrogen-bond acceptors (Lipinski definition) is 3. The van der Waals surface area contributed by atoms with Gasteiger partial charge in [-0.15, -0.1) is 0 Å². The van der Waals surface area contributed by atoms with Crippen molar-refractivity contribution in [3.63, 3.8) is 0 Å². The van der Waals surface area contributed by atoms with Gasteiger partial charge in [-0.1, -0.05) is 37.5 Å². The van der Waals surface area contributed by atoms with Gasteiger partial charge in [0.25, 0.3) is 0 Å². The van der Waals surface area contributed by atoms with E-state index in [4.69, 9.17) is 9.47 Å². The van der Waals surface area contributed by atoms with Gasteiger partial charge in [-0.2, -0.15) is 0 Å². The molecule has 0 bridgehead atoms. The highest BCUT2D eigenvalue weighted by Gasteiger charge is 2.40. The number of hydrogen-bond donors (Lipinski definition) is 1. The summed E-state index contributed by atoms with van der Waals surface area (Å²) >= 11 is 0. The van der Waals surface area contributed by atoms with Gasteiger partial charge in [-0.25, -0.2) is 0 Å². The summed E-state index contributed by atoms with van der Waals surface area (Å²) in [5.41, 5.74) is 1.23. The van der Waals surface area contributed by atoms with Crippen molar-refractivity contribution in [3.05, 3.63) is 29.8 Å². The van der Waals surface area contributed by atoms with Crippen molar-refractivity contribution in [2.75, 3.05) is 20.8 Å². The zero-order chi connectivity index (χ0) is 15.1. The van der Waals surface area contributed by atoms with Crippen molar-refractivity contribution in [1.29, 1.82) is 0 Å². The van der Waals surface area contributed by atoms with E-state index in [0.29, 0.717) is 6.04 Å². The third kappa shape index (κ3) is 3.78. The first kappa shape index (κ1) is 16.3. The fourth-order valence-corrected chi connectivity index (χ4v) is 3.67. The third-order valence-electron chi connectivity index (χ3n) is 4.73.